The maximum absolute atomic E-state index is 10.5. The molecule has 0 aliphatic heterocycles. The quantitative estimate of drug-likeness (QED) is 0.302. The van der Waals surface area contributed by atoms with Crippen LogP contribution < -0.4 is 33.3 Å². The molecule has 0 N–H and O–H groups in total. The van der Waals surface area contributed by atoms with Crippen molar-refractivity contribution in [1.82, 2.24) is 0 Å². The Bertz CT molecular complexity index is 605. The van der Waals surface area contributed by atoms with E-state index in [2.05, 4.69) is 0 Å². The molecular weight excluding hydrogens is 395 g/mol. The molecule has 7 heteroatoms. The number of nitro benzene ring substituents is 1. The highest BCUT2D eigenvalue weighted by atomic mass is 127. The molecule has 1 aromatic carbocycles. The van der Waals surface area contributed by atoms with E-state index in [-0.39, 0.29) is 29.7 Å². The molecule has 0 fully saturated rings. The zero-order chi connectivity index (χ0) is 13.8. The molecule has 0 atom stereocenters. The Morgan fingerprint density at radius 3 is 2.55 bits per heavy atom. The number of benzene rings is 1. The lowest BCUT2D eigenvalue weighted by Gasteiger charge is -2.06. The molecule has 0 radical (unpaired) electrons. The first-order chi connectivity index (χ1) is 9.06. The van der Waals surface area contributed by atoms with Crippen molar-refractivity contribution in [3.8, 4) is 5.75 Å². The van der Waals surface area contributed by atoms with E-state index in [9.17, 15) is 10.1 Å². The van der Waals surface area contributed by atoms with Crippen LogP contribution in [0.4, 0.5) is 5.69 Å². The summed E-state index contributed by atoms with van der Waals surface area (Å²) in [4.78, 5) is 10.1. The van der Waals surface area contributed by atoms with Gasteiger partial charge in [0.25, 0.3) is 5.69 Å². The third kappa shape index (κ3) is 4.31. The minimum Gasteiger partial charge on any atom is -1.00 e. The van der Waals surface area contributed by atoms with Crippen molar-refractivity contribution in [3.05, 3.63) is 63.4 Å². The highest BCUT2D eigenvalue weighted by Gasteiger charge is 2.08. The van der Waals surface area contributed by atoms with Gasteiger partial charge in [-0.3, -0.25) is 10.1 Å². The smallest absolute Gasteiger partial charge is 0.269 e. The zero-order valence-corrected chi connectivity index (χ0v) is 13.5. The van der Waals surface area contributed by atoms with E-state index in [4.69, 9.17) is 16.3 Å². The predicted octanol–water partition coefficient (Wildman–Crippen LogP) is -0.344. The predicted molar refractivity (Wildman–Crippen MR) is 70.1 cm³/mol. The van der Waals surface area contributed by atoms with Crippen LogP contribution in [-0.2, 0) is 13.7 Å². The monoisotopic (exact) mass is 406 g/mol. The average Bonchev–Trinajstić information content (AvgIpc) is 2.40. The highest BCUT2D eigenvalue weighted by molar-refractivity contribution is 6.31. The number of nitrogens with zero attached hydrogens (tertiary/aromatic N) is 2. The van der Waals surface area contributed by atoms with Crippen LogP contribution in [0.15, 0.2) is 42.7 Å². The Labute approximate surface area is 138 Å². The van der Waals surface area contributed by atoms with Crippen LogP contribution in [-0.4, -0.2) is 4.92 Å². The topological polar surface area (TPSA) is 56.2 Å². The Balaban J connectivity index is 0.00000200. The lowest BCUT2D eigenvalue weighted by Crippen LogP contribution is -3.00. The summed E-state index contributed by atoms with van der Waals surface area (Å²) in [6, 6.07) is 7.97. The van der Waals surface area contributed by atoms with Crippen LogP contribution >= 0.6 is 11.6 Å². The number of aromatic nitrogens is 1. The number of hydrogen-bond donors (Lipinski definition) is 0. The molecule has 0 aliphatic rings. The zero-order valence-electron chi connectivity index (χ0n) is 10.6. The number of halogens is 2. The van der Waals surface area contributed by atoms with Crippen LogP contribution in [0, 0.1) is 10.1 Å². The van der Waals surface area contributed by atoms with Crippen molar-refractivity contribution in [2.24, 2.45) is 7.05 Å². The summed E-state index contributed by atoms with van der Waals surface area (Å²) in [7, 11) is 1.87. The Morgan fingerprint density at radius 1 is 1.30 bits per heavy atom. The molecule has 0 saturated carbocycles. The first-order valence-corrected chi connectivity index (χ1v) is 5.95. The lowest BCUT2D eigenvalue weighted by molar-refractivity contribution is -0.671. The molecule has 0 amide bonds. The van der Waals surface area contributed by atoms with Gasteiger partial charge in [-0.15, -0.1) is 0 Å². The molecule has 0 bridgehead atoms. The summed E-state index contributed by atoms with van der Waals surface area (Å²) in [6.45, 7) is 0.307. The van der Waals surface area contributed by atoms with Crippen molar-refractivity contribution >= 4 is 17.3 Å². The van der Waals surface area contributed by atoms with Gasteiger partial charge in [0.05, 0.1) is 9.95 Å². The van der Waals surface area contributed by atoms with E-state index < -0.39 is 4.92 Å². The Kier molecular flexibility index (Phi) is 6.15. The van der Waals surface area contributed by atoms with Crippen LogP contribution in [0.5, 0.6) is 5.75 Å². The molecule has 1 heterocycles. The number of nitro groups is 1. The van der Waals surface area contributed by atoms with Crippen LogP contribution in [0.1, 0.15) is 5.56 Å². The first-order valence-electron chi connectivity index (χ1n) is 5.57. The van der Waals surface area contributed by atoms with Gasteiger partial charge < -0.3 is 28.7 Å². The van der Waals surface area contributed by atoms with Gasteiger partial charge in [0.1, 0.15) is 13.7 Å². The van der Waals surface area contributed by atoms with Crippen LogP contribution in [0.25, 0.3) is 0 Å². The van der Waals surface area contributed by atoms with Gasteiger partial charge in [0.15, 0.2) is 6.20 Å². The van der Waals surface area contributed by atoms with Gasteiger partial charge in [-0.1, -0.05) is 11.6 Å². The molecule has 0 saturated heterocycles. The normalized spacial score (nSPS) is 9.70. The second-order valence-corrected chi connectivity index (χ2v) is 4.44. The van der Waals surface area contributed by atoms with E-state index in [1.807, 2.05) is 17.8 Å². The highest BCUT2D eigenvalue weighted by Crippen LogP contribution is 2.22. The summed E-state index contributed by atoms with van der Waals surface area (Å²) in [5.74, 6) is 0.574. The fourth-order valence-electron chi connectivity index (χ4n) is 1.54. The van der Waals surface area contributed by atoms with E-state index >= 15 is 0 Å². The molecule has 106 valence electrons. The first kappa shape index (κ1) is 16.6. The third-order valence-electron chi connectivity index (χ3n) is 2.55. The molecule has 2 rings (SSSR count). The fraction of sp³-hybridized carbons (Fsp3) is 0.154. The summed E-state index contributed by atoms with van der Waals surface area (Å²) in [5.41, 5.74) is 0.904. The number of ether oxygens (including phenoxy) is 1. The van der Waals surface area contributed by atoms with Crippen LogP contribution in [0.2, 0.25) is 5.02 Å². The summed E-state index contributed by atoms with van der Waals surface area (Å²) in [5, 5.41) is 11.1. The molecule has 0 aliphatic carbocycles. The molecule has 2 aromatic rings. The van der Waals surface area contributed by atoms with Crippen molar-refractivity contribution in [3.63, 3.8) is 0 Å². The van der Waals surface area contributed by atoms with E-state index in [0.29, 0.717) is 17.4 Å². The van der Waals surface area contributed by atoms with Crippen molar-refractivity contribution in [2.75, 3.05) is 0 Å². The maximum Gasteiger partial charge on any atom is 0.269 e. The van der Waals surface area contributed by atoms with Gasteiger partial charge >= 0.3 is 0 Å². The SMILES string of the molecule is C[n+]1ccc(Cl)c(OCc2ccc([N+](=O)[O-])cc2)c1.[I-]. The van der Waals surface area contributed by atoms with E-state index in [0.717, 1.165) is 5.56 Å². The molecule has 0 spiro atoms. The number of pyridine rings is 1. The van der Waals surface area contributed by atoms with E-state index in [1.54, 1.807) is 24.4 Å². The summed E-state index contributed by atoms with van der Waals surface area (Å²) >= 11 is 6.00. The lowest BCUT2D eigenvalue weighted by atomic mass is 10.2. The Hall–Kier alpha value is -1.41. The fourth-order valence-corrected chi connectivity index (χ4v) is 1.70. The minimum absolute atomic E-state index is 0. The Morgan fingerprint density at radius 2 is 1.95 bits per heavy atom. The molecule has 0 unspecified atom stereocenters. The van der Waals surface area contributed by atoms with Gasteiger partial charge in [-0.25, -0.2) is 4.57 Å². The molecule has 20 heavy (non-hydrogen) atoms. The van der Waals surface area contributed by atoms with Crippen LogP contribution in [0.3, 0.4) is 0 Å². The number of non-ortho nitro benzene ring substituents is 1. The standard InChI is InChI=1S/C13H12ClN2O3.HI/c1-15-7-6-12(14)13(8-15)19-9-10-2-4-11(5-3-10)16(17)18;/h2-8H,9H2,1H3;1H/q+1;/p-1. The number of aryl methyl sites for hydroxylation is 1. The second kappa shape index (κ2) is 7.39. The number of rotatable bonds is 4. The van der Waals surface area contributed by atoms with Gasteiger partial charge in [-0.05, 0) is 17.7 Å². The average molecular weight is 407 g/mol. The van der Waals surface area contributed by atoms with Crippen molar-refractivity contribution in [1.29, 1.82) is 0 Å². The summed E-state index contributed by atoms with van der Waals surface area (Å²) in [6.07, 6.45) is 3.59. The number of hydrogen-bond acceptors (Lipinski definition) is 3. The van der Waals surface area contributed by atoms with Gasteiger partial charge in [0, 0.05) is 18.2 Å². The van der Waals surface area contributed by atoms with Crippen molar-refractivity contribution in [2.45, 2.75) is 6.61 Å². The van der Waals surface area contributed by atoms with Crippen molar-refractivity contribution < 1.29 is 38.2 Å². The van der Waals surface area contributed by atoms with E-state index in [1.165, 1.54) is 12.1 Å². The third-order valence-corrected chi connectivity index (χ3v) is 2.87. The molecule has 1 aromatic heterocycles. The maximum atomic E-state index is 10.5. The van der Waals surface area contributed by atoms with Gasteiger partial charge in [-0.2, -0.15) is 0 Å². The molecular formula is C13H12ClIN2O3. The second-order valence-electron chi connectivity index (χ2n) is 4.03. The largest absolute Gasteiger partial charge is 1.00 e. The minimum atomic E-state index is -0.432. The van der Waals surface area contributed by atoms with Gasteiger partial charge in [0.2, 0.25) is 11.9 Å². The summed E-state index contributed by atoms with van der Waals surface area (Å²) < 4.78 is 7.41. The molecule has 5 nitrogen and oxygen atoms in total.